The van der Waals surface area contributed by atoms with Crippen LogP contribution in [0.25, 0.3) is 0 Å². The average molecular weight is 268 g/mol. The van der Waals surface area contributed by atoms with Gasteiger partial charge in [0.15, 0.2) is 0 Å². The maximum atomic E-state index is 11.9. The minimum absolute atomic E-state index is 0.0778. The fourth-order valence-electron chi connectivity index (χ4n) is 3.82. The molecule has 3 unspecified atom stereocenters. The highest BCUT2D eigenvalue weighted by atomic mass is 16.5. The van der Waals surface area contributed by atoms with Crippen LogP contribution in [0.15, 0.2) is 0 Å². The smallest absolute Gasteiger partial charge is 0.312 e. The Bertz CT molecular complexity index is 374. The summed E-state index contributed by atoms with van der Waals surface area (Å²) in [5.74, 6) is -0.219. The number of carboxylic acids is 1. The third-order valence-electron chi connectivity index (χ3n) is 5.01. The molecule has 3 fully saturated rings. The second-order valence-electron chi connectivity index (χ2n) is 7.08. The first-order chi connectivity index (χ1) is 8.93. The Morgan fingerprint density at radius 2 is 2.00 bits per heavy atom. The zero-order valence-corrected chi connectivity index (χ0v) is 11.9. The maximum absolute atomic E-state index is 11.9. The summed E-state index contributed by atoms with van der Waals surface area (Å²) in [6.45, 7) is 4.76. The Balaban J connectivity index is 1.75. The van der Waals surface area contributed by atoms with Gasteiger partial charge in [-0.25, -0.2) is 0 Å². The molecular formula is C15H24O4. The van der Waals surface area contributed by atoms with Crippen LogP contribution >= 0.6 is 0 Å². The summed E-state index contributed by atoms with van der Waals surface area (Å²) in [6.07, 6.45) is 5.48. The standard InChI is InChI=1S/C15H24O4/c1-14(2)6-5-11(19-14)9-15(13(16)17)7-8-18-12(15)10-3-4-10/h10-12H,3-9H2,1-2H3,(H,16,17). The van der Waals surface area contributed by atoms with Crippen molar-refractivity contribution in [3.63, 3.8) is 0 Å². The first-order valence-electron chi connectivity index (χ1n) is 7.46. The number of rotatable bonds is 4. The van der Waals surface area contributed by atoms with E-state index in [1.165, 1.54) is 0 Å². The summed E-state index contributed by atoms with van der Waals surface area (Å²) in [7, 11) is 0. The first-order valence-corrected chi connectivity index (χ1v) is 7.46. The van der Waals surface area contributed by atoms with Crippen molar-refractivity contribution in [2.45, 2.75) is 70.2 Å². The van der Waals surface area contributed by atoms with Gasteiger partial charge < -0.3 is 14.6 Å². The van der Waals surface area contributed by atoms with Crippen molar-refractivity contribution >= 4 is 5.97 Å². The van der Waals surface area contributed by atoms with Crippen molar-refractivity contribution in [1.82, 2.24) is 0 Å². The molecule has 0 amide bonds. The quantitative estimate of drug-likeness (QED) is 0.851. The third kappa shape index (κ3) is 2.40. The summed E-state index contributed by atoms with van der Waals surface area (Å²) in [4.78, 5) is 11.9. The zero-order valence-electron chi connectivity index (χ0n) is 11.9. The number of ether oxygens (including phenoxy) is 2. The van der Waals surface area contributed by atoms with Crippen LogP contribution in [0.4, 0.5) is 0 Å². The Morgan fingerprint density at radius 1 is 1.26 bits per heavy atom. The molecule has 0 aromatic rings. The average Bonchev–Trinajstić information content (AvgIpc) is 2.98. The van der Waals surface area contributed by atoms with E-state index in [0.717, 1.165) is 25.7 Å². The van der Waals surface area contributed by atoms with Crippen molar-refractivity contribution in [3.8, 4) is 0 Å². The van der Waals surface area contributed by atoms with Gasteiger partial charge in [0.05, 0.1) is 23.2 Å². The van der Waals surface area contributed by atoms with E-state index in [-0.39, 0.29) is 17.8 Å². The molecule has 4 nitrogen and oxygen atoms in total. The molecule has 2 heterocycles. The fourth-order valence-corrected chi connectivity index (χ4v) is 3.82. The molecule has 0 radical (unpaired) electrons. The molecule has 3 aliphatic rings. The molecule has 0 aromatic heterocycles. The molecule has 0 spiro atoms. The molecule has 0 aromatic carbocycles. The van der Waals surface area contributed by atoms with Crippen LogP contribution in [0.5, 0.6) is 0 Å². The lowest BCUT2D eigenvalue weighted by Crippen LogP contribution is -2.43. The van der Waals surface area contributed by atoms with Crippen molar-refractivity contribution in [2.24, 2.45) is 11.3 Å². The highest BCUT2D eigenvalue weighted by molar-refractivity contribution is 5.76. The fraction of sp³-hybridized carbons (Fsp3) is 0.933. The van der Waals surface area contributed by atoms with Gasteiger partial charge in [-0.15, -0.1) is 0 Å². The number of carbonyl (C=O) groups is 1. The van der Waals surface area contributed by atoms with Crippen LogP contribution in [0.3, 0.4) is 0 Å². The van der Waals surface area contributed by atoms with Gasteiger partial charge in [-0.2, -0.15) is 0 Å². The van der Waals surface area contributed by atoms with E-state index >= 15 is 0 Å². The lowest BCUT2D eigenvalue weighted by atomic mass is 9.74. The minimum atomic E-state index is -0.702. The van der Waals surface area contributed by atoms with E-state index < -0.39 is 11.4 Å². The highest BCUT2D eigenvalue weighted by Crippen LogP contribution is 2.51. The summed E-state index contributed by atoms with van der Waals surface area (Å²) in [5, 5.41) is 9.77. The molecule has 19 heavy (non-hydrogen) atoms. The molecule has 1 saturated carbocycles. The van der Waals surface area contributed by atoms with Crippen molar-refractivity contribution in [2.75, 3.05) is 6.61 Å². The molecule has 1 N–H and O–H groups in total. The van der Waals surface area contributed by atoms with Gasteiger partial charge in [0.1, 0.15) is 0 Å². The molecule has 3 rings (SSSR count). The molecule has 3 atom stereocenters. The van der Waals surface area contributed by atoms with E-state index in [1.54, 1.807) is 0 Å². The summed E-state index contributed by atoms with van der Waals surface area (Å²) in [6, 6.07) is 0. The molecule has 4 heteroatoms. The number of carboxylic acid groups (broad SMARTS) is 1. The SMILES string of the molecule is CC1(C)CCC(CC2(C(=O)O)CCOC2C2CC2)O1. The number of hydrogen-bond donors (Lipinski definition) is 1. The lowest BCUT2D eigenvalue weighted by molar-refractivity contribution is -0.157. The Morgan fingerprint density at radius 3 is 2.53 bits per heavy atom. The Labute approximate surface area is 114 Å². The molecule has 2 saturated heterocycles. The lowest BCUT2D eigenvalue weighted by Gasteiger charge is -2.32. The van der Waals surface area contributed by atoms with E-state index in [0.29, 0.717) is 25.4 Å². The largest absolute Gasteiger partial charge is 0.481 e. The number of hydrogen-bond acceptors (Lipinski definition) is 3. The van der Waals surface area contributed by atoms with E-state index in [2.05, 4.69) is 13.8 Å². The van der Waals surface area contributed by atoms with Gasteiger partial charge >= 0.3 is 5.97 Å². The predicted molar refractivity (Wildman–Crippen MR) is 70.0 cm³/mol. The van der Waals surface area contributed by atoms with Crippen LogP contribution in [0.1, 0.15) is 52.4 Å². The van der Waals surface area contributed by atoms with Gasteiger partial charge in [0, 0.05) is 6.61 Å². The molecule has 1 aliphatic carbocycles. The zero-order chi connectivity index (χ0) is 13.7. The van der Waals surface area contributed by atoms with E-state index in [4.69, 9.17) is 9.47 Å². The second kappa shape index (κ2) is 4.45. The van der Waals surface area contributed by atoms with Crippen LogP contribution in [-0.2, 0) is 14.3 Å². The maximum Gasteiger partial charge on any atom is 0.312 e. The van der Waals surface area contributed by atoms with Gasteiger partial charge in [0.25, 0.3) is 0 Å². The Hall–Kier alpha value is -0.610. The normalized spacial score (nSPS) is 41.6. The van der Waals surface area contributed by atoms with Gasteiger partial charge in [-0.3, -0.25) is 4.79 Å². The molecule has 108 valence electrons. The van der Waals surface area contributed by atoms with Crippen LogP contribution in [0.2, 0.25) is 0 Å². The summed E-state index contributed by atoms with van der Waals surface area (Å²) in [5.41, 5.74) is -0.800. The van der Waals surface area contributed by atoms with E-state index in [9.17, 15) is 9.90 Å². The third-order valence-corrected chi connectivity index (χ3v) is 5.01. The monoisotopic (exact) mass is 268 g/mol. The first kappa shape index (κ1) is 13.4. The van der Waals surface area contributed by atoms with Crippen molar-refractivity contribution in [1.29, 1.82) is 0 Å². The van der Waals surface area contributed by atoms with E-state index in [1.807, 2.05) is 0 Å². The van der Waals surface area contributed by atoms with Crippen molar-refractivity contribution in [3.05, 3.63) is 0 Å². The predicted octanol–water partition coefficient (Wildman–Crippen LogP) is 2.60. The van der Waals surface area contributed by atoms with Crippen LogP contribution in [-0.4, -0.2) is 35.5 Å². The molecule has 0 bridgehead atoms. The van der Waals surface area contributed by atoms with Gasteiger partial charge in [0.2, 0.25) is 0 Å². The van der Waals surface area contributed by atoms with Crippen LogP contribution in [0, 0.1) is 11.3 Å². The Kier molecular flexibility index (Phi) is 3.13. The topological polar surface area (TPSA) is 55.8 Å². The summed E-state index contributed by atoms with van der Waals surface area (Å²) >= 11 is 0. The van der Waals surface area contributed by atoms with Gasteiger partial charge in [-0.1, -0.05) is 0 Å². The molecular weight excluding hydrogens is 244 g/mol. The summed E-state index contributed by atoms with van der Waals surface area (Å²) < 4.78 is 11.8. The molecule has 2 aliphatic heterocycles. The van der Waals surface area contributed by atoms with Gasteiger partial charge in [-0.05, 0) is 58.3 Å². The second-order valence-corrected chi connectivity index (χ2v) is 7.08. The number of aliphatic carboxylic acids is 1. The minimum Gasteiger partial charge on any atom is -0.481 e. The van der Waals surface area contributed by atoms with Crippen molar-refractivity contribution < 1.29 is 19.4 Å². The van der Waals surface area contributed by atoms with Crippen LogP contribution < -0.4 is 0 Å². The highest BCUT2D eigenvalue weighted by Gasteiger charge is 2.57.